The molecule has 0 aromatic heterocycles. The van der Waals surface area contributed by atoms with Crippen LogP contribution in [0.15, 0.2) is 42.5 Å². The SMILES string of the molecule is O=C(NCCNC(=O)c1ccc(O[C@H]2CC[C@@H](C(=O)O)CC2)cc1F)c1ccc(N2CCCC2)cc1. The van der Waals surface area contributed by atoms with Crippen molar-refractivity contribution in [1.29, 1.82) is 0 Å². The van der Waals surface area contributed by atoms with E-state index in [4.69, 9.17) is 9.84 Å². The van der Waals surface area contributed by atoms with E-state index >= 15 is 0 Å². The van der Waals surface area contributed by atoms with Crippen LogP contribution in [0.1, 0.15) is 59.2 Å². The van der Waals surface area contributed by atoms with Gasteiger partial charge in [0.1, 0.15) is 11.6 Å². The average Bonchev–Trinajstić information content (AvgIpc) is 3.42. The van der Waals surface area contributed by atoms with Gasteiger partial charge in [-0.15, -0.1) is 0 Å². The molecule has 1 saturated carbocycles. The zero-order valence-electron chi connectivity index (χ0n) is 20.2. The Bertz CT molecular complexity index is 1080. The first-order chi connectivity index (χ1) is 17.4. The van der Waals surface area contributed by atoms with Crippen LogP contribution in [0.5, 0.6) is 5.75 Å². The first-order valence-electron chi connectivity index (χ1n) is 12.5. The number of hydrogen-bond acceptors (Lipinski definition) is 5. The molecule has 2 amide bonds. The molecule has 2 aromatic rings. The molecular formula is C27H32FN3O5. The minimum absolute atomic E-state index is 0.110. The quantitative estimate of drug-likeness (QED) is 0.457. The molecule has 0 atom stereocenters. The lowest BCUT2D eigenvalue weighted by Gasteiger charge is -2.26. The van der Waals surface area contributed by atoms with Crippen LogP contribution in [0.4, 0.5) is 10.1 Å². The monoisotopic (exact) mass is 497 g/mol. The maximum atomic E-state index is 14.5. The fourth-order valence-corrected chi connectivity index (χ4v) is 4.72. The number of amides is 2. The summed E-state index contributed by atoms with van der Waals surface area (Å²) in [5, 5.41) is 14.5. The van der Waals surface area contributed by atoms with Crippen molar-refractivity contribution in [2.45, 2.75) is 44.6 Å². The number of anilines is 1. The molecule has 2 aromatic carbocycles. The highest BCUT2D eigenvalue weighted by atomic mass is 19.1. The van der Waals surface area contributed by atoms with E-state index in [0.29, 0.717) is 37.0 Å². The van der Waals surface area contributed by atoms with Crippen molar-refractivity contribution in [2.75, 3.05) is 31.1 Å². The van der Waals surface area contributed by atoms with Gasteiger partial charge in [0.2, 0.25) is 0 Å². The number of benzene rings is 2. The van der Waals surface area contributed by atoms with E-state index in [2.05, 4.69) is 15.5 Å². The summed E-state index contributed by atoms with van der Waals surface area (Å²) in [6.07, 6.45) is 4.45. The molecule has 1 heterocycles. The number of carboxylic acid groups (broad SMARTS) is 1. The number of nitrogens with one attached hydrogen (secondary N) is 2. The van der Waals surface area contributed by atoms with Crippen LogP contribution in [-0.4, -0.2) is 55.2 Å². The highest BCUT2D eigenvalue weighted by Crippen LogP contribution is 2.28. The van der Waals surface area contributed by atoms with E-state index in [1.165, 1.54) is 31.0 Å². The number of aliphatic carboxylic acids is 1. The highest BCUT2D eigenvalue weighted by molar-refractivity contribution is 5.95. The molecule has 2 fully saturated rings. The fraction of sp³-hybridized carbons (Fsp3) is 0.444. The van der Waals surface area contributed by atoms with Gasteiger partial charge in [0.25, 0.3) is 11.8 Å². The molecule has 8 nitrogen and oxygen atoms in total. The van der Waals surface area contributed by atoms with Gasteiger partial charge in [0.15, 0.2) is 0 Å². The molecule has 36 heavy (non-hydrogen) atoms. The molecule has 9 heteroatoms. The summed E-state index contributed by atoms with van der Waals surface area (Å²) in [6, 6.07) is 11.5. The normalized spacial score (nSPS) is 19.5. The van der Waals surface area contributed by atoms with Crippen LogP contribution >= 0.6 is 0 Å². The Morgan fingerprint density at radius 3 is 2.17 bits per heavy atom. The summed E-state index contributed by atoms with van der Waals surface area (Å²) in [6.45, 7) is 2.44. The lowest BCUT2D eigenvalue weighted by molar-refractivity contribution is -0.143. The molecule has 0 spiro atoms. The van der Waals surface area contributed by atoms with Crippen molar-refractivity contribution < 1.29 is 28.6 Å². The summed E-state index contributed by atoms with van der Waals surface area (Å²) >= 11 is 0. The lowest BCUT2D eigenvalue weighted by atomic mass is 9.87. The third-order valence-electron chi connectivity index (χ3n) is 6.81. The second-order valence-corrected chi connectivity index (χ2v) is 9.32. The van der Waals surface area contributed by atoms with Gasteiger partial charge in [0, 0.05) is 43.5 Å². The van der Waals surface area contributed by atoms with E-state index in [0.717, 1.165) is 18.8 Å². The number of halogens is 1. The Labute approximate surface area is 209 Å². The zero-order chi connectivity index (χ0) is 25.5. The maximum Gasteiger partial charge on any atom is 0.306 e. The Kier molecular flexibility index (Phi) is 8.40. The van der Waals surface area contributed by atoms with Crippen LogP contribution in [0, 0.1) is 11.7 Å². The van der Waals surface area contributed by atoms with Gasteiger partial charge < -0.3 is 25.4 Å². The third-order valence-corrected chi connectivity index (χ3v) is 6.81. The number of carboxylic acids is 1. The van der Waals surface area contributed by atoms with Crippen LogP contribution in [0.3, 0.4) is 0 Å². The Morgan fingerprint density at radius 2 is 1.56 bits per heavy atom. The van der Waals surface area contributed by atoms with E-state index in [1.54, 1.807) is 12.1 Å². The second-order valence-electron chi connectivity index (χ2n) is 9.32. The molecule has 0 bridgehead atoms. The second kappa shape index (κ2) is 11.9. The third kappa shape index (κ3) is 6.53. The number of ether oxygens (including phenoxy) is 1. The van der Waals surface area contributed by atoms with Crippen LogP contribution in [-0.2, 0) is 4.79 Å². The predicted molar refractivity (Wildman–Crippen MR) is 133 cm³/mol. The molecular weight excluding hydrogens is 465 g/mol. The van der Waals surface area contributed by atoms with E-state index in [-0.39, 0.29) is 36.6 Å². The lowest BCUT2D eigenvalue weighted by Crippen LogP contribution is -2.35. The van der Waals surface area contributed by atoms with Gasteiger partial charge >= 0.3 is 5.97 Å². The number of carbonyl (C=O) groups excluding carboxylic acids is 2. The van der Waals surface area contributed by atoms with Crippen LogP contribution < -0.4 is 20.3 Å². The standard InChI is InChI=1S/C27H32FN3O5/c28-24-17-22(36-21-9-5-19(6-10-21)27(34)35)11-12-23(24)26(33)30-14-13-29-25(32)18-3-7-20(8-4-18)31-15-1-2-16-31/h3-4,7-8,11-12,17,19,21H,1-2,5-6,9-10,13-16H2,(H,29,32)(H,30,33)(H,34,35)/t19-,21+. The van der Waals surface area contributed by atoms with Gasteiger partial charge in [-0.25, -0.2) is 4.39 Å². The zero-order valence-corrected chi connectivity index (χ0v) is 20.2. The molecule has 192 valence electrons. The van der Waals surface area contributed by atoms with Gasteiger partial charge in [-0.3, -0.25) is 14.4 Å². The Balaban J connectivity index is 1.19. The molecule has 1 saturated heterocycles. The molecule has 1 aliphatic carbocycles. The first-order valence-corrected chi connectivity index (χ1v) is 12.5. The van der Waals surface area contributed by atoms with Crippen molar-refractivity contribution in [1.82, 2.24) is 10.6 Å². The van der Waals surface area contributed by atoms with Crippen molar-refractivity contribution in [2.24, 2.45) is 5.92 Å². The summed E-state index contributed by atoms with van der Waals surface area (Å²) in [4.78, 5) is 38.1. The molecule has 1 aliphatic heterocycles. The molecule has 0 unspecified atom stereocenters. The fourth-order valence-electron chi connectivity index (χ4n) is 4.72. The first kappa shape index (κ1) is 25.5. The number of carbonyl (C=O) groups is 3. The summed E-state index contributed by atoms with van der Waals surface area (Å²) in [5.41, 5.74) is 1.54. The molecule has 4 rings (SSSR count). The molecule has 2 aliphatic rings. The largest absolute Gasteiger partial charge is 0.490 e. The average molecular weight is 498 g/mol. The van der Waals surface area contributed by atoms with E-state index < -0.39 is 17.7 Å². The van der Waals surface area contributed by atoms with Gasteiger partial charge in [-0.1, -0.05) is 0 Å². The van der Waals surface area contributed by atoms with Crippen LogP contribution in [0.25, 0.3) is 0 Å². The van der Waals surface area contributed by atoms with Crippen molar-refractivity contribution in [3.63, 3.8) is 0 Å². The maximum absolute atomic E-state index is 14.5. The topological polar surface area (TPSA) is 108 Å². The predicted octanol–water partition coefficient (Wildman–Crippen LogP) is 3.61. The van der Waals surface area contributed by atoms with E-state index in [9.17, 15) is 18.8 Å². The number of nitrogens with zero attached hydrogens (tertiary/aromatic N) is 1. The minimum atomic E-state index is -0.791. The smallest absolute Gasteiger partial charge is 0.306 e. The number of rotatable bonds is 9. The Hall–Kier alpha value is -3.62. The highest BCUT2D eigenvalue weighted by Gasteiger charge is 2.27. The van der Waals surface area contributed by atoms with Gasteiger partial charge in [0.05, 0.1) is 17.6 Å². The van der Waals surface area contributed by atoms with Crippen molar-refractivity contribution in [3.05, 3.63) is 59.4 Å². The summed E-state index contributed by atoms with van der Waals surface area (Å²) in [5.74, 6) is -2.34. The summed E-state index contributed by atoms with van der Waals surface area (Å²) < 4.78 is 20.3. The Morgan fingerprint density at radius 1 is 0.917 bits per heavy atom. The van der Waals surface area contributed by atoms with Crippen molar-refractivity contribution >= 4 is 23.5 Å². The van der Waals surface area contributed by atoms with Gasteiger partial charge in [-0.05, 0) is 74.9 Å². The van der Waals surface area contributed by atoms with Crippen molar-refractivity contribution in [3.8, 4) is 5.75 Å². The van der Waals surface area contributed by atoms with Gasteiger partial charge in [-0.2, -0.15) is 0 Å². The van der Waals surface area contributed by atoms with E-state index in [1.807, 2.05) is 12.1 Å². The molecule has 3 N–H and O–H groups in total. The summed E-state index contributed by atoms with van der Waals surface area (Å²) in [7, 11) is 0. The number of hydrogen-bond donors (Lipinski definition) is 3. The minimum Gasteiger partial charge on any atom is -0.490 e. The molecule has 0 radical (unpaired) electrons. The van der Waals surface area contributed by atoms with Crippen LogP contribution in [0.2, 0.25) is 0 Å².